The van der Waals surface area contributed by atoms with Gasteiger partial charge in [-0.2, -0.15) is 0 Å². The normalized spacial score (nSPS) is 10.2. The molecule has 18 heavy (non-hydrogen) atoms. The van der Waals surface area contributed by atoms with E-state index in [9.17, 15) is 9.59 Å². The quantitative estimate of drug-likeness (QED) is 0.772. The van der Waals surface area contributed by atoms with E-state index in [1.54, 1.807) is 0 Å². The molecule has 0 radical (unpaired) electrons. The molecular weight excluding hydrogens is 257 g/mol. The van der Waals surface area contributed by atoms with E-state index in [2.05, 4.69) is 15.3 Å². The number of carbonyl (C=O) groups excluding carboxylic acids is 1. The maximum Gasteiger partial charge on any atom is 0.355 e. The number of carboxylic acid groups (broad SMARTS) is 1. The first-order valence-electron chi connectivity index (χ1n) is 4.94. The summed E-state index contributed by atoms with van der Waals surface area (Å²) >= 11 is 1.17. The molecule has 0 saturated heterocycles. The Hall–Kier alpha value is -2.16. The summed E-state index contributed by atoms with van der Waals surface area (Å²) in [6.45, 7) is 0.187. The Bertz CT molecular complexity index is 594. The van der Waals surface area contributed by atoms with Crippen LogP contribution in [0.3, 0.4) is 0 Å². The number of aromatic nitrogens is 2. The minimum Gasteiger partial charge on any atom is -0.476 e. The molecule has 2 aromatic heterocycles. The van der Waals surface area contributed by atoms with Crippen molar-refractivity contribution in [2.24, 2.45) is 0 Å². The van der Waals surface area contributed by atoms with Crippen molar-refractivity contribution in [3.8, 4) is 10.7 Å². The molecule has 0 saturated carbocycles. The van der Waals surface area contributed by atoms with Gasteiger partial charge in [0.25, 0.3) is 0 Å². The Labute approximate surface area is 106 Å². The Morgan fingerprint density at radius 3 is 2.89 bits per heavy atom. The third-order valence-electron chi connectivity index (χ3n) is 1.98. The minimum atomic E-state index is -1.08. The van der Waals surface area contributed by atoms with Crippen molar-refractivity contribution >= 4 is 31.0 Å². The Balaban J connectivity index is 2.13. The van der Waals surface area contributed by atoms with Crippen molar-refractivity contribution in [2.45, 2.75) is 6.54 Å². The zero-order valence-corrected chi connectivity index (χ0v) is 10.2. The van der Waals surface area contributed by atoms with Crippen LogP contribution in [0.5, 0.6) is 0 Å². The molecule has 92 valence electrons. The predicted octanol–water partition coefficient (Wildman–Crippen LogP) is 0.339. The first-order chi connectivity index (χ1) is 8.56. The standard InChI is InChI=1S/C9H8BN3O4S/c10-9(16)11-1-6-12-4(2-17-6)7-13-5(3-18-7)8(14)15/h2-3H,1,10H2,(H,11,16)(H,14,15). The van der Waals surface area contributed by atoms with Gasteiger partial charge in [0.2, 0.25) is 13.7 Å². The van der Waals surface area contributed by atoms with Crippen LogP contribution in [0.15, 0.2) is 16.1 Å². The van der Waals surface area contributed by atoms with E-state index in [0.717, 1.165) is 0 Å². The molecule has 0 aliphatic rings. The number of carbonyl (C=O) groups is 2. The lowest BCUT2D eigenvalue weighted by Crippen LogP contribution is -2.20. The van der Waals surface area contributed by atoms with Crippen LogP contribution in [0.2, 0.25) is 0 Å². The summed E-state index contributed by atoms with van der Waals surface area (Å²) in [7, 11) is 1.39. The van der Waals surface area contributed by atoms with Crippen LogP contribution < -0.4 is 5.32 Å². The number of thiazole rings is 1. The van der Waals surface area contributed by atoms with Crippen molar-refractivity contribution in [3.63, 3.8) is 0 Å². The van der Waals surface area contributed by atoms with Gasteiger partial charge in [0.1, 0.15) is 17.0 Å². The number of oxazole rings is 1. The van der Waals surface area contributed by atoms with E-state index < -0.39 is 5.97 Å². The Morgan fingerprint density at radius 2 is 2.28 bits per heavy atom. The molecule has 0 atom stereocenters. The lowest BCUT2D eigenvalue weighted by atomic mass is 10.1. The maximum absolute atomic E-state index is 10.7. The lowest BCUT2D eigenvalue weighted by Gasteiger charge is -1.95. The fraction of sp³-hybridized carbons (Fsp3) is 0.111. The van der Waals surface area contributed by atoms with Gasteiger partial charge in [-0.15, -0.1) is 11.3 Å². The van der Waals surface area contributed by atoms with E-state index >= 15 is 0 Å². The molecule has 2 aromatic rings. The number of rotatable bonds is 4. The van der Waals surface area contributed by atoms with E-state index in [1.165, 1.54) is 30.8 Å². The second kappa shape index (κ2) is 5.00. The molecule has 0 aliphatic carbocycles. The van der Waals surface area contributed by atoms with Crippen LogP contribution in [0.1, 0.15) is 16.4 Å². The summed E-state index contributed by atoms with van der Waals surface area (Å²) in [6, 6.07) is 0. The molecule has 0 aliphatic heterocycles. The van der Waals surface area contributed by atoms with Gasteiger partial charge in [-0.3, -0.25) is 4.79 Å². The summed E-state index contributed by atoms with van der Waals surface area (Å²) in [4.78, 5) is 29.4. The topological polar surface area (TPSA) is 105 Å². The monoisotopic (exact) mass is 265 g/mol. The van der Waals surface area contributed by atoms with Crippen LogP contribution >= 0.6 is 11.3 Å². The number of amides is 1. The second-order valence-corrected chi connectivity index (χ2v) is 4.24. The zero-order chi connectivity index (χ0) is 13.1. The molecular formula is C9H8BN3O4S. The van der Waals surface area contributed by atoms with Crippen molar-refractivity contribution < 1.29 is 19.1 Å². The molecule has 2 rings (SSSR count). The molecule has 0 aromatic carbocycles. The number of hydrogen-bond donors (Lipinski definition) is 2. The highest BCUT2D eigenvalue weighted by Crippen LogP contribution is 2.22. The van der Waals surface area contributed by atoms with Crippen LogP contribution in [0.25, 0.3) is 10.7 Å². The van der Waals surface area contributed by atoms with Gasteiger partial charge in [-0.25, -0.2) is 14.8 Å². The van der Waals surface area contributed by atoms with Crippen LogP contribution in [-0.2, 0) is 6.54 Å². The molecule has 0 bridgehead atoms. The summed E-state index contributed by atoms with van der Waals surface area (Å²) in [6.07, 6.45) is 1.38. The van der Waals surface area contributed by atoms with Gasteiger partial charge in [-0.1, -0.05) is 0 Å². The summed E-state index contributed by atoms with van der Waals surface area (Å²) in [5.41, 5.74) is 0.425. The van der Waals surface area contributed by atoms with Gasteiger partial charge in [0.15, 0.2) is 11.5 Å². The second-order valence-electron chi connectivity index (χ2n) is 3.38. The fourth-order valence-electron chi connectivity index (χ4n) is 1.18. The minimum absolute atomic E-state index is 0.0265. The maximum atomic E-state index is 10.7. The van der Waals surface area contributed by atoms with Crippen molar-refractivity contribution in [2.75, 3.05) is 0 Å². The SMILES string of the molecule is BC(=O)NCc1nc(-c2nc(C(=O)O)cs2)co1. The average Bonchev–Trinajstić information content (AvgIpc) is 2.95. The predicted molar refractivity (Wildman–Crippen MR) is 65.4 cm³/mol. The van der Waals surface area contributed by atoms with Gasteiger partial charge < -0.3 is 14.8 Å². The van der Waals surface area contributed by atoms with E-state index in [-0.39, 0.29) is 18.0 Å². The number of nitrogens with one attached hydrogen (secondary N) is 1. The van der Waals surface area contributed by atoms with E-state index in [1.807, 2.05) is 0 Å². The number of hydrogen-bond acceptors (Lipinski definition) is 6. The highest BCUT2D eigenvalue weighted by Gasteiger charge is 2.13. The molecule has 1 amide bonds. The number of aromatic carboxylic acids is 1. The summed E-state index contributed by atoms with van der Waals surface area (Å²) in [5, 5.41) is 13.2. The van der Waals surface area contributed by atoms with Gasteiger partial charge in [-0.05, 0) is 0 Å². The first-order valence-corrected chi connectivity index (χ1v) is 5.82. The van der Waals surface area contributed by atoms with Crippen LogP contribution in [0.4, 0.5) is 4.79 Å². The zero-order valence-electron chi connectivity index (χ0n) is 9.34. The smallest absolute Gasteiger partial charge is 0.355 e. The third kappa shape index (κ3) is 2.75. The molecule has 9 heteroatoms. The average molecular weight is 265 g/mol. The highest BCUT2D eigenvalue weighted by molar-refractivity contribution is 7.13. The molecule has 0 unspecified atom stereocenters. The summed E-state index contributed by atoms with van der Waals surface area (Å²) in [5.74, 6) is -0.927. The Kier molecular flexibility index (Phi) is 3.42. The largest absolute Gasteiger partial charge is 0.476 e. The van der Waals surface area contributed by atoms with Crippen molar-refractivity contribution in [3.05, 3.63) is 23.2 Å². The van der Waals surface area contributed by atoms with E-state index in [0.29, 0.717) is 16.6 Å². The van der Waals surface area contributed by atoms with Crippen LogP contribution in [0, 0.1) is 0 Å². The van der Waals surface area contributed by atoms with Gasteiger partial charge >= 0.3 is 5.97 Å². The molecule has 0 fully saturated rings. The van der Waals surface area contributed by atoms with Crippen LogP contribution in [-0.4, -0.2) is 34.7 Å². The molecule has 0 spiro atoms. The Morgan fingerprint density at radius 1 is 1.50 bits per heavy atom. The first kappa shape index (κ1) is 12.3. The number of nitrogens with zero attached hydrogens (tertiary/aromatic N) is 2. The number of carboxylic acids is 1. The molecule has 7 nitrogen and oxygen atoms in total. The van der Waals surface area contributed by atoms with Crippen molar-refractivity contribution in [1.29, 1.82) is 0 Å². The van der Waals surface area contributed by atoms with Gasteiger partial charge in [0, 0.05) is 5.38 Å². The molecule has 2 heterocycles. The molecule has 2 N–H and O–H groups in total. The fourth-order valence-corrected chi connectivity index (χ4v) is 1.92. The highest BCUT2D eigenvalue weighted by atomic mass is 32.1. The summed E-state index contributed by atoms with van der Waals surface area (Å²) < 4.78 is 5.13. The van der Waals surface area contributed by atoms with E-state index in [4.69, 9.17) is 9.52 Å². The van der Waals surface area contributed by atoms with Crippen molar-refractivity contribution in [1.82, 2.24) is 15.3 Å². The third-order valence-corrected chi connectivity index (χ3v) is 2.85. The van der Waals surface area contributed by atoms with Gasteiger partial charge in [0.05, 0.1) is 6.54 Å². The lowest BCUT2D eigenvalue weighted by molar-refractivity contribution is 0.0691.